The predicted molar refractivity (Wildman–Crippen MR) is 79.3 cm³/mol. The number of hydrogen-bond acceptors (Lipinski definition) is 4. The van der Waals surface area contributed by atoms with E-state index in [2.05, 4.69) is 23.8 Å². The van der Waals surface area contributed by atoms with E-state index in [1.807, 2.05) is 22.8 Å². The molecule has 0 spiro atoms. The van der Waals surface area contributed by atoms with Crippen LogP contribution in [-0.4, -0.2) is 32.1 Å². The zero-order valence-electron chi connectivity index (χ0n) is 12.3. The fourth-order valence-electron chi connectivity index (χ4n) is 3.13. The van der Waals surface area contributed by atoms with E-state index in [1.165, 1.54) is 12.8 Å². The number of rotatable bonds is 3. The molecule has 1 aliphatic heterocycles. The van der Waals surface area contributed by atoms with Gasteiger partial charge >= 0.3 is 0 Å². The molecule has 0 radical (unpaired) electrons. The molecule has 0 aliphatic carbocycles. The van der Waals surface area contributed by atoms with Crippen LogP contribution in [0.25, 0.3) is 5.65 Å². The lowest BCUT2D eigenvalue weighted by atomic mass is 10.00. The highest BCUT2D eigenvalue weighted by molar-refractivity contribution is 5.47. The SMILES string of the molecule is CC(C)N1CCCCC1c1nc2c(CN)cccn2n1. The number of pyridine rings is 1. The molecule has 3 heterocycles. The molecule has 2 aromatic heterocycles. The van der Waals surface area contributed by atoms with Gasteiger partial charge in [-0.3, -0.25) is 4.90 Å². The molecule has 1 atom stereocenters. The first-order chi connectivity index (χ1) is 9.70. The van der Waals surface area contributed by atoms with Gasteiger partial charge in [0.15, 0.2) is 11.5 Å². The number of piperidine rings is 1. The Bertz CT molecular complexity index is 589. The van der Waals surface area contributed by atoms with Crippen LogP contribution in [0.4, 0.5) is 0 Å². The number of aromatic nitrogens is 3. The minimum absolute atomic E-state index is 0.342. The Morgan fingerprint density at radius 1 is 1.40 bits per heavy atom. The van der Waals surface area contributed by atoms with Crippen molar-refractivity contribution >= 4 is 5.65 Å². The quantitative estimate of drug-likeness (QED) is 0.930. The second kappa shape index (κ2) is 5.50. The lowest BCUT2D eigenvalue weighted by molar-refractivity contribution is 0.106. The van der Waals surface area contributed by atoms with Crippen molar-refractivity contribution in [2.75, 3.05) is 6.54 Å². The third-order valence-electron chi connectivity index (χ3n) is 4.18. The lowest BCUT2D eigenvalue weighted by Gasteiger charge is -2.36. The number of hydrogen-bond donors (Lipinski definition) is 1. The maximum Gasteiger partial charge on any atom is 0.168 e. The van der Waals surface area contributed by atoms with Gasteiger partial charge in [0.2, 0.25) is 0 Å². The van der Waals surface area contributed by atoms with Crippen LogP contribution >= 0.6 is 0 Å². The zero-order valence-corrected chi connectivity index (χ0v) is 12.3. The number of likely N-dealkylation sites (tertiary alicyclic amines) is 1. The minimum Gasteiger partial charge on any atom is -0.326 e. The molecular weight excluding hydrogens is 250 g/mol. The Labute approximate surface area is 119 Å². The normalized spacial score (nSPS) is 20.9. The van der Waals surface area contributed by atoms with E-state index < -0.39 is 0 Å². The Morgan fingerprint density at radius 2 is 2.25 bits per heavy atom. The van der Waals surface area contributed by atoms with Gasteiger partial charge < -0.3 is 5.73 Å². The van der Waals surface area contributed by atoms with Gasteiger partial charge in [0.25, 0.3) is 0 Å². The second-order valence-electron chi connectivity index (χ2n) is 5.82. The molecule has 1 fully saturated rings. The van der Waals surface area contributed by atoms with E-state index in [1.54, 1.807) is 0 Å². The van der Waals surface area contributed by atoms with Gasteiger partial charge in [-0.2, -0.15) is 0 Å². The van der Waals surface area contributed by atoms with E-state index in [4.69, 9.17) is 10.7 Å². The van der Waals surface area contributed by atoms with Crippen LogP contribution in [0.3, 0.4) is 0 Å². The summed E-state index contributed by atoms with van der Waals surface area (Å²) in [5, 5.41) is 4.69. The van der Waals surface area contributed by atoms with Gasteiger partial charge in [-0.15, -0.1) is 5.10 Å². The van der Waals surface area contributed by atoms with Crippen LogP contribution in [0.1, 0.15) is 50.5 Å². The van der Waals surface area contributed by atoms with Crippen molar-refractivity contribution in [3.63, 3.8) is 0 Å². The topological polar surface area (TPSA) is 59.5 Å². The molecule has 5 heteroatoms. The maximum absolute atomic E-state index is 5.79. The highest BCUT2D eigenvalue weighted by atomic mass is 15.3. The fraction of sp³-hybridized carbons (Fsp3) is 0.600. The number of fused-ring (bicyclic) bond motifs is 1. The van der Waals surface area contributed by atoms with E-state index >= 15 is 0 Å². The summed E-state index contributed by atoms with van der Waals surface area (Å²) in [5.74, 6) is 0.944. The second-order valence-corrected chi connectivity index (χ2v) is 5.82. The largest absolute Gasteiger partial charge is 0.326 e. The predicted octanol–water partition coefficient (Wildman–Crippen LogP) is 2.12. The molecule has 2 N–H and O–H groups in total. The van der Waals surface area contributed by atoms with Crippen molar-refractivity contribution in [2.45, 2.75) is 51.7 Å². The Balaban J connectivity index is 2.00. The molecule has 0 amide bonds. The molecule has 1 unspecified atom stereocenters. The monoisotopic (exact) mass is 273 g/mol. The molecule has 1 saturated heterocycles. The minimum atomic E-state index is 0.342. The van der Waals surface area contributed by atoms with Crippen molar-refractivity contribution < 1.29 is 0 Å². The van der Waals surface area contributed by atoms with Gasteiger partial charge in [0, 0.05) is 24.3 Å². The van der Waals surface area contributed by atoms with E-state index in [9.17, 15) is 0 Å². The first-order valence-electron chi connectivity index (χ1n) is 7.50. The average Bonchev–Trinajstić information content (AvgIpc) is 2.90. The van der Waals surface area contributed by atoms with Crippen molar-refractivity contribution in [2.24, 2.45) is 5.73 Å². The van der Waals surface area contributed by atoms with Crippen LogP contribution in [0, 0.1) is 0 Å². The summed E-state index contributed by atoms with van der Waals surface area (Å²) in [7, 11) is 0. The summed E-state index contributed by atoms with van der Waals surface area (Å²) in [4.78, 5) is 7.28. The molecule has 0 bridgehead atoms. The zero-order chi connectivity index (χ0) is 14.1. The third kappa shape index (κ3) is 2.31. The van der Waals surface area contributed by atoms with Crippen LogP contribution in [0.15, 0.2) is 18.3 Å². The number of nitrogens with zero attached hydrogens (tertiary/aromatic N) is 4. The lowest BCUT2D eigenvalue weighted by Crippen LogP contribution is -2.39. The Hall–Kier alpha value is -1.46. The molecule has 5 nitrogen and oxygen atoms in total. The molecule has 108 valence electrons. The molecular formula is C15H23N5. The summed E-state index contributed by atoms with van der Waals surface area (Å²) < 4.78 is 1.87. The van der Waals surface area contributed by atoms with Crippen molar-refractivity contribution in [3.8, 4) is 0 Å². The summed E-state index contributed by atoms with van der Waals surface area (Å²) in [6.07, 6.45) is 5.63. The molecule has 0 saturated carbocycles. The Kier molecular flexibility index (Phi) is 3.72. The van der Waals surface area contributed by atoms with E-state index in [-0.39, 0.29) is 0 Å². The van der Waals surface area contributed by atoms with E-state index in [0.29, 0.717) is 18.6 Å². The molecule has 20 heavy (non-hydrogen) atoms. The highest BCUT2D eigenvalue weighted by Gasteiger charge is 2.29. The molecule has 0 aromatic carbocycles. The van der Waals surface area contributed by atoms with Crippen LogP contribution in [0.5, 0.6) is 0 Å². The van der Waals surface area contributed by atoms with Gasteiger partial charge in [0.1, 0.15) is 0 Å². The van der Waals surface area contributed by atoms with Gasteiger partial charge in [-0.05, 0) is 39.3 Å². The van der Waals surface area contributed by atoms with Crippen molar-refractivity contribution in [3.05, 3.63) is 29.7 Å². The third-order valence-corrected chi connectivity index (χ3v) is 4.18. The smallest absolute Gasteiger partial charge is 0.168 e. The van der Waals surface area contributed by atoms with Crippen molar-refractivity contribution in [1.82, 2.24) is 19.5 Å². The summed E-state index contributed by atoms with van der Waals surface area (Å²) in [6, 6.07) is 4.87. The fourth-order valence-corrected chi connectivity index (χ4v) is 3.13. The Morgan fingerprint density at radius 3 is 3.00 bits per heavy atom. The number of nitrogens with two attached hydrogens (primary N) is 1. The highest BCUT2D eigenvalue weighted by Crippen LogP contribution is 2.31. The molecule has 3 rings (SSSR count). The van der Waals surface area contributed by atoms with Crippen LogP contribution < -0.4 is 5.73 Å². The standard InChI is InChI=1S/C15H23N5/c1-11(2)19-8-4-3-7-13(19)14-17-15-12(10-16)6-5-9-20(15)18-14/h5-6,9,11,13H,3-4,7-8,10,16H2,1-2H3. The first-order valence-corrected chi connectivity index (χ1v) is 7.50. The first kappa shape index (κ1) is 13.5. The maximum atomic E-state index is 5.79. The van der Waals surface area contributed by atoms with Crippen LogP contribution in [-0.2, 0) is 6.54 Å². The molecule has 2 aromatic rings. The molecule has 1 aliphatic rings. The summed E-state index contributed by atoms with van der Waals surface area (Å²) >= 11 is 0. The van der Waals surface area contributed by atoms with Gasteiger partial charge in [-0.25, -0.2) is 9.50 Å². The van der Waals surface area contributed by atoms with Gasteiger partial charge in [-0.1, -0.05) is 12.5 Å². The average molecular weight is 273 g/mol. The van der Waals surface area contributed by atoms with Gasteiger partial charge in [0.05, 0.1) is 6.04 Å². The summed E-state index contributed by atoms with van der Waals surface area (Å²) in [6.45, 7) is 6.14. The van der Waals surface area contributed by atoms with Crippen molar-refractivity contribution in [1.29, 1.82) is 0 Å². The summed E-state index contributed by atoms with van der Waals surface area (Å²) in [5.41, 5.74) is 7.74. The van der Waals surface area contributed by atoms with E-state index in [0.717, 1.165) is 30.0 Å². The van der Waals surface area contributed by atoms with Crippen LogP contribution in [0.2, 0.25) is 0 Å².